The van der Waals surface area contributed by atoms with Gasteiger partial charge < -0.3 is 5.73 Å². The Bertz CT molecular complexity index is 599. The molecule has 0 bridgehead atoms. The van der Waals surface area contributed by atoms with Crippen molar-refractivity contribution in [2.75, 3.05) is 0 Å². The monoisotopic (exact) mass is 257 g/mol. The number of amides is 1. The summed E-state index contributed by atoms with van der Waals surface area (Å²) in [6.45, 7) is 4.32. The summed E-state index contributed by atoms with van der Waals surface area (Å²) >= 11 is 0. The van der Waals surface area contributed by atoms with Gasteiger partial charge in [-0.2, -0.15) is 5.10 Å². The van der Waals surface area contributed by atoms with Gasteiger partial charge in [0.25, 0.3) is 5.91 Å². The highest BCUT2D eigenvalue weighted by Gasteiger charge is 2.15. The molecule has 1 aromatic heterocycles. The van der Waals surface area contributed by atoms with Gasteiger partial charge in [-0.3, -0.25) is 9.48 Å². The van der Waals surface area contributed by atoms with Gasteiger partial charge in [0.05, 0.1) is 11.3 Å². The predicted octanol–water partition coefficient (Wildman–Crippen LogP) is 2.23. The number of hydrogen-bond donors (Lipinski definition) is 1. The maximum atomic E-state index is 11.4. The summed E-state index contributed by atoms with van der Waals surface area (Å²) < 4.78 is 1.63. The molecule has 1 aromatic carbocycles. The standard InChI is InChI=1S/C15H19N3O/c1-10(2)12-7-5-4-6-11(12)8-14-13(15(16)19)9-18(3)17-14/h4-7,9-10H,8H2,1-3H3,(H2,16,19). The van der Waals surface area contributed by atoms with E-state index in [-0.39, 0.29) is 0 Å². The molecule has 0 aliphatic rings. The van der Waals surface area contributed by atoms with Crippen molar-refractivity contribution in [1.82, 2.24) is 9.78 Å². The molecule has 4 heteroatoms. The molecular formula is C15H19N3O. The summed E-state index contributed by atoms with van der Waals surface area (Å²) in [4.78, 5) is 11.4. The third kappa shape index (κ3) is 2.84. The quantitative estimate of drug-likeness (QED) is 0.913. The number of aromatic nitrogens is 2. The van der Waals surface area contributed by atoms with E-state index in [1.54, 1.807) is 17.9 Å². The van der Waals surface area contributed by atoms with Gasteiger partial charge in [0.2, 0.25) is 0 Å². The second kappa shape index (κ2) is 5.26. The van der Waals surface area contributed by atoms with Gasteiger partial charge in [0, 0.05) is 19.7 Å². The van der Waals surface area contributed by atoms with Crippen LogP contribution in [0.15, 0.2) is 30.5 Å². The normalized spacial score (nSPS) is 10.9. The second-order valence-electron chi connectivity index (χ2n) is 5.06. The van der Waals surface area contributed by atoms with E-state index in [1.165, 1.54) is 11.1 Å². The summed E-state index contributed by atoms with van der Waals surface area (Å²) in [5.41, 5.74) is 9.10. The van der Waals surface area contributed by atoms with Crippen molar-refractivity contribution in [2.45, 2.75) is 26.2 Å². The lowest BCUT2D eigenvalue weighted by molar-refractivity contribution is 0.0999. The summed E-state index contributed by atoms with van der Waals surface area (Å²) in [5.74, 6) is 0.0158. The zero-order chi connectivity index (χ0) is 14.0. The van der Waals surface area contributed by atoms with E-state index < -0.39 is 5.91 Å². The molecule has 2 aromatic rings. The van der Waals surface area contributed by atoms with Gasteiger partial charge in [-0.15, -0.1) is 0 Å². The van der Waals surface area contributed by atoms with Gasteiger partial charge in [-0.25, -0.2) is 0 Å². The topological polar surface area (TPSA) is 60.9 Å². The molecule has 2 N–H and O–H groups in total. The first-order valence-corrected chi connectivity index (χ1v) is 6.39. The smallest absolute Gasteiger partial charge is 0.252 e. The number of carbonyl (C=O) groups excluding carboxylic acids is 1. The maximum Gasteiger partial charge on any atom is 0.252 e. The molecule has 19 heavy (non-hydrogen) atoms. The Morgan fingerprint density at radius 1 is 1.37 bits per heavy atom. The van der Waals surface area contributed by atoms with Crippen LogP contribution in [-0.2, 0) is 13.5 Å². The van der Waals surface area contributed by atoms with Crippen molar-refractivity contribution in [3.63, 3.8) is 0 Å². The number of hydrogen-bond acceptors (Lipinski definition) is 2. The molecule has 0 aliphatic carbocycles. The lowest BCUT2D eigenvalue weighted by Gasteiger charge is -2.11. The lowest BCUT2D eigenvalue weighted by atomic mass is 9.94. The zero-order valence-corrected chi connectivity index (χ0v) is 11.6. The summed E-state index contributed by atoms with van der Waals surface area (Å²) in [5, 5.41) is 4.34. The van der Waals surface area contributed by atoms with Crippen molar-refractivity contribution in [3.05, 3.63) is 52.8 Å². The molecule has 2 rings (SSSR count). The van der Waals surface area contributed by atoms with Crippen LogP contribution in [0.25, 0.3) is 0 Å². The van der Waals surface area contributed by atoms with Gasteiger partial charge in [0.1, 0.15) is 0 Å². The molecule has 4 nitrogen and oxygen atoms in total. The zero-order valence-electron chi connectivity index (χ0n) is 11.6. The summed E-state index contributed by atoms with van der Waals surface area (Å²) in [6.07, 6.45) is 2.31. The van der Waals surface area contributed by atoms with Crippen LogP contribution in [-0.4, -0.2) is 15.7 Å². The summed E-state index contributed by atoms with van der Waals surface area (Å²) in [7, 11) is 1.80. The second-order valence-corrected chi connectivity index (χ2v) is 5.06. The Hall–Kier alpha value is -2.10. The van der Waals surface area contributed by atoms with Crippen molar-refractivity contribution < 1.29 is 4.79 Å². The van der Waals surface area contributed by atoms with Crippen molar-refractivity contribution >= 4 is 5.91 Å². The Balaban J connectivity index is 2.39. The Morgan fingerprint density at radius 3 is 2.68 bits per heavy atom. The fourth-order valence-corrected chi connectivity index (χ4v) is 2.31. The number of nitrogens with two attached hydrogens (primary N) is 1. The van der Waals surface area contributed by atoms with Crippen molar-refractivity contribution in [2.24, 2.45) is 12.8 Å². The number of nitrogens with zero attached hydrogens (tertiary/aromatic N) is 2. The molecule has 1 amide bonds. The highest BCUT2D eigenvalue weighted by molar-refractivity contribution is 5.93. The molecule has 0 spiro atoms. The molecule has 0 fully saturated rings. The molecule has 100 valence electrons. The molecule has 0 saturated heterocycles. The maximum absolute atomic E-state index is 11.4. The van der Waals surface area contributed by atoms with Gasteiger partial charge in [-0.1, -0.05) is 38.1 Å². The average Bonchev–Trinajstić information content (AvgIpc) is 2.71. The van der Waals surface area contributed by atoms with E-state index in [2.05, 4.69) is 31.1 Å². The van der Waals surface area contributed by atoms with Crippen LogP contribution in [0.4, 0.5) is 0 Å². The molecule has 0 saturated carbocycles. The minimum absolute atomic E-state index is 0.426. The largest absolute Gasteiger partial charge is 0.365 e. The Kier molecular flexibility index (Phi) is 3.69. The number of benzene rings is 1. The van der Waals surface area contributed by atoms with Crippen LogP contribution in [0, 0.1) is 0 Å². The highest BCUT2D eigenvalue weighted by atomic mass is 16.1. The van der Waals surface area contributed by atoms with E-state index in [9.17, 15) is 4.79 Å². The van der Waals surface area contributed by atoms with Crippen molar-refractivity contribution in [1.29, 1.82) is 0 Å². The predicted molar refractivity (Wildman–Crippen MR) is 75.1 cm³/mol. The van der Waals surface area contributed by atoms with Crippen LogP contribution >= 0.6 is 0 Å². The third-order valence-electron chi connectivity index (χ3n) is 3.21. The number of rotatable bonds is 4. The van der Waals surface area contributed by atoms with E-state index in [0.29, 0.717) is 17.9 Å². The van der Waals surface area contributed by atoms with Crippen LogP contribution in [0.3, 0.4) is 0 Å². The molecule has 0 atom stereocenters. The highest BCUT2D eigenvalue weighted by Crippen LogP contribution is 2.22. The number of carbonyl (C=O) groups is 1. The fraction of sp³-hybridized carbons (Fsp3) is 0.333. The van der Waals surface area contributed by atoms with Crippen LogP contribution in [0.1, 0.15) is 46.9 Å². The van der Waals surface area contributed by atoms with Crippen LogP contribution in [0.2, 0.25) is 0 Å². The number of primary amides is 1. The molecule has 0 unspecified atom stereocenters. The first kappa shape index (κ1) is 13.3. The van der Waals surface area contributed by atoms with Gasteiger partial charge >= 0.3 is 0 Å². The number of aryl methyl sites for hydroxylation is 1. The SMILES string of the molecule is CC(C)c1ccccc1Cc1nn(C)cc1C(N)=O. The van der Waals surface area contributed by atoms with Crippen molar-refractivity contribution in [3.8, 4) is 0 Å². The third-order valence-corrected chi connectivity index (χ3v) is 3.21. The van der Waals surface area contributed by atoms with Gasteiger partial charge in [-0.05, 0) is 17.0 Å². The average molecular weight is 257 g/mol. The minimum atomic E-state index is -0.426. The fourth-order valence-electron chi connectivity index (χ4n) is 2.31. The first-order chi connectivity index (χ1) is 8.99. The molecule has 0 aliphatic heterocycles. The molecular weight excluding hydrogens is 238 g/mol. The lowest BCUT2D eigenvalue weighted by Crippen LogP contribution is -2.13. The first-order valence-electron chi connectivity index (χ1n) is 6.39. The Morgan fingerprint density at radius 2 is 2.05 bits per heavy atom. The summed E-state index contributed by atoms with van der Waals surface area (Å²) in [6, 6.07) is 8.24. The van der Waals surface area contributed by atoms with Crippen LogP contribution in [0.5, 0.6) is 0 Å². The molecule has 0 radical (unpaired) electrons. The van der Waals surface area contributed by atoms with E-state index in [0.717, 1.165) is 5.69 Å². The molecule has 1 heterocycles. The van der Waals surface area contributed by atoms with E-state index >= 15 is 0 Å². The van der Waals surface area contributed by atoms with E-state index in [1.807, 2.05) is 12.1 Å². The Labute approximate surface area is 113 Å². The van der Waals surface area contributed by atoms with Gasteiger partial charge in [0.15, 0.2) is 0 Å². The minimum Gasteiger partial charge on any atom is -0.365 e. The van der Waals surface area contributed by atoms with Crippen LogP contribution < -0.4 is 5.73 Å². The van der Waals surface area contributed by atoms with E-state index in [4.69, 9.17) is 5.73 Å².